The second-order valence-corrected chi connectivity index (χ2v) is 18.5. The molecule has 116 valence electrons. The van der Waals surface area contributed by atoms with E-state index in [-0.39, 0.29) is 0 Å². The van der Waals surface area contributed by atoms with Crippen molar-refractivity contribution in [3.05, 3.63) is 0 Å². The maximum atomic E-state index is 6.44. The molecule has 0 saturated carbocycles. The largest absolute Gasteiger partial charge is 0.436 e. The van der Waals surface area contributed by atoms with Crippen molar-refractivity contribution >= 4 is 25.4 Å². The van der Waals surface area contributed by atoms with Crippen LogP contribution in [-0.2, 0) is 8.23 Å². The van der Waals surface area contributed by atoms with Crippen LogP contribution in [0.2, 0.25) is 45.3 Å². The Morgan fingerprint density at radius 1 is 1.00 bits per heavy atom. The van der Waals surface area contributed by atoms with Crippen LogP contribution in [0.1, 0.15) is 19.8 Å². The molecule has 0 unspecified atom stereocenters. The molecule has 0 aromatic carbocycles. The molecule has 0 amide bonds. The Morgan fingerprint density at radius 2 is 1.58 bits per heavy atom. The first kappa shape index (κ1) is 19.5. The Balaban J connectivity index is 4.44. The zero-order valence-corrected chi connectivity index (χ0v) is 16.9. The van der Waals surface area contributed by atoms with E-state index in [1.807, 2.05) is 0 Å². The van der Waals surface area contributed by atoms with Crippen LogP contribution in [0.25, 0.3) is 0 Å². The first-order valence-electron chi connectivity index (χ1n) is 7.39. The number of nitrogens with two attached hydrogens (primary N) is 1. The van der Waals surface area contributed by atoms with Gasteiger partial charge in [-0.05, 0) is 71.3 Å². The minimum atomic E-state index is -2.05. The van der Waals surface area contributed by atoms with Gasteiger partial charge >= 0.3 is 8.56 Å². The van der Waals surface area contributed by atoms with Crippen LogP contribution >= 0.6 is 0 Å². The molecule has 0 aliphatic carbocycles. The highest BCUT2D eigenvalue weighted by molar-refractivity contribution is 6.87. The summed E-state index contributed by atoms with van der Waals surface area (Å²) in [5, 5.41) is 0. The first-order chi connectivity index (χ1) is 8.54. The van der Waals surface area contributed by atoms with Gasteiger partial charge < -0.3 is 18.9 Å². The van der Waals surface area contributed by atoms with Gasteiger partial charge in [0.1, 0.15) is 0 Å². The molecule has 0 heterocycles. The third kappa shape index (κ3) is 9.94. The maximum Gasteiger partial charge on any atom is 0.312 e. The summed E-state index contributed by atoms with van der Waals surface area (Å²) in [6.07, 6.45) is 2.19. The summed E-state index contributed by atoms with van der Waals surface area (Å²) in [4.78, 5) is 3.56. The molecule has 19 heavy (non-hydrogen) atoms. The molecule has 0 atom stereocenters. The molecule has 0 bridgehead atoms. The van der Waals surface area contributed by atoms with Gasteiger partial charge in [-0.15, -0.1) is 0 Å². The van der Waals surface area contributed by atoms with Crippen LogP contribution < -0.4 is 10.7 Å². The van der Waals surface area contributed by atoms with E-state index in [0.29, 0.717) is 0 Å². The first-order valence-corrected chi connectivity index (χ1v) is 16.2. The maximum absolute atomic E-state index is 6.44. The summed E-state index contributed by atoms with van der Waals surface area (Å²) < 4.78 is 12.8. The van der Waals surface area contributed by atoms with E-state index < -0.39 is 25.4 Å². The summed E-state index contributed by atoms with van der Waals surface area (Å²) in [6, 6.07) is 1.12. The lowest BCUT2D eigenvalue weighted by Gasteiger charge is -2.38. The van der Waals surface area contributed by atoms with Crippen LogP contribution in [0.3, 0.4) is 0 Å². The number of rotatable bonds is 10. The molecule has 0 spiro atoms. The zero-order chi connectivity index (χ0) is 15.2. The molecule has 4 nitrogen and oxygen atoms in total. The Bertz CT molecular complexity index is 237. The Morgan fingerprint density at radius 3 is 2.05 bits per heavy atom. The van der Waals surface area contributed by atoms with Crippen LogP contribution in [0.15, 0.2) is 0 Å². The van der Waals surface area contributed by atoms with Crippen molar-refractivity contribution in [2.45, 2.75) is 65.1 Å². The molecule has 0 fully saturated rings. The molecule has 0 aliphatic heterocycles. The van der Waals surface area contributed by atoms with Crippen molar-refractivity contribution in [3.63, 3.8) is 0 Å². The van der Waals surface area contributed by atoms with Gasteiger partial charge in [-0.1, -0.05) is 6.92 Å². The molecule has 0 rings (SSSR count). The smallest absolute Gasteiger partial charge is 0.312 e. The standard InChI is InChI=1S/C12H34N2O2Si3/c1-8-11-14-18(4,5)16-19(6,7)15-17(2,3)12-9-10-13/h14H,8-13H2,1-7H3. The highest BCUT2D eigenvalue weighted by Crippen LogP contribution is 2.22. The van der Waals surface area contributed by atoms with Crippen molar-refractivity contribution in [1.82, 2.24) is 4.98 Å². The molecule has 0 aliphatic rings. The van der Waals surface area contributed by atoms with E-state index >= 15 is 0 Å². The lowest BCUT2D eigenvalue weighted by molar-refractivity contribution is 0.381. The van der Waals surface area contributed by atoms with E-state index in [1.165, 1.54) is 0 Å². The van der Waals surface area contributed by atoms with Crippen molar-refractivity contribution in [3.8, 4) is 0 Å². The second-order valence-electron chi connectivity index (χ2n) is 6.69. The van der Waals surface area contributed by atoms with Crippen molar-refractivity contribution in [1.29, 1.82) is 0 Å². The lowest BCUT2D eigenvalue weighted by atomic mass is 10.5. The fourth-order valence-electron chi connectivity index (χ4n) is 2.34. The summed E-state index contributed by atoms with van der Waals surface area (Å²) >= 11 is 0. The highest BCUT2D eigenvalue weighted by atomic mass is 28.5. The van der Waals surface area contributed by atoms with E-state index in [9.17, 15) is 0 Å². The zero-order valence-electron chi connectivity index (χ0n) is 13.9. The Hall–Kier alpha value is 0.491. The van der Waals surface area contributed by atoms with Gasteiger partial charge in [-0.3, -0.25) is 0 Å². The molecule has 0 aromatic heterocycles. The summed E-state index contributed by atoms with van der Waals surface area (Å²) in [5.41, 5.74) is 5.60. The van der Waals surface area contributed by atoms with E-state index in [4.69, 9.17) is 14.0 Å². The number of nitrogens with one attached hydrogen (secondary N) is 1. The van der Waals surface area contributed by atoms with Gasteiger partial charge in [0.05, 0.1) is 0 Å². The third-order valence-electron chi connectivity index (χ3n) is 2.81. The van der Waals surface area contributed by atoms with Gasteiger partial charge in [0.2, 0.25) is 0 Å². The van der Waals surface area contributed by atoms with Gasteiger partial charge in [-0.2, -0.15) is 0 Å². The average Bonchev–Trinajstić information content (AvgIpc) is 2.20. The van der Waals surface area contributed by atoms with Gasteiger partial charge in [0, 0.05) is 0 Å². The fraction of sp³-hybridized carbons (Fsp3) is 1.00. The fourth-order valence-corrected chi connectivity index (χ4v) is 15.7. The molecular weight excluding hydrogens is 288 g/mol. The van der Waals surface area contributed by atoms with Crippen LogP contribution in [0.5, 0.6) is 0 Å². The van der Waals surface area contributed by atoms with E-state index in [1.54, 1.807) is 0 Å². The minimum Gasteiger partial charge on any atom is -0.436 e. The lowest BCUT2D eigenvalue weighted by Crippen LogP contribution is -2.58. The van der Waals surface area contributed by atoms with E-state index in [2.05, 4.69) is 51.2 Å². The SMILES string of the molecule is CCCN[Si](C)(C)O[Si](C)(C)O[Si](C)(C)CCCN. The van der Waals surface area contributed by atoms with Crippen molar-refractivity contribution in [2.24, 2.45) is 5.73 Å². The summed E-state index contributed by atoms with van der Waals surface area (Å²) in [6.45, 7) is 17.3. The highest BCUT2D eigenvalue weighted by Gasteiger charge is 2.39. The van der Waals surface area contributed by atoms with Crippen molar-refractivity contribution in [2.75, 3.05) is 13.1 Å². The monoisotopic (exact) mass is 322 g/mol. The molecule has 0 saturated heterocycles. The summed E-state index contributed by atoms with van der Waals surface area (Å²) in [5.74, 6) is 0. The molecule has 0 radical (unpaired) electrons. The topological polar surface area (TPSA) is 56.5 Å². The van der Waals surface area contributed by atoms with E-state index in [0.717, 1.165) is 32.0 Å². The van der Waals surface area contributed by atoms with Crippen LogP contribution in [-0.4, -0.2) is 38.4 Å². The third-order valence-corrected chi connectivity index (χ3v) is 13.7. The van der Waals surface area contributed by atoms with Gasteiger partial charge in [0.15, 0.2) is 8.32 Å². The van der Waals surface area contributed by atoms with Crippen molar-refractivity contribution < 1.29 is 8.23 Å². The molecular formula is C12H34N2O2Si3. The van der Waals surface area contributed by atoms with Gasteiger partial charge in [0.25, 0.3) is 8.48 Å². The normalized spacial score (nSPS) is 13.9. The molecule has 7 heteroatoms. The summed E-state index contributed by atoms with van der Waals surface area (Å²) in [7, 11) is -5.50. The second kappa shape index (κ2) is 8.06. The number of hydrogen-bond acceptors (Lipinski definition) is 4. The Labute approximate surface area is 123 Å². The van der Waals surface area contributed by atoms with Gasteiger partial charge in [-0.25, -0.2) is 0 Å². The van der Waals surface area contributed by atoms with Crippen LogP contribution in [0.4, 0.5) is 0 Å². The molecule has 0 aromatic rings. The average molecular weight is 323 g/mol. The predicted molar refractivity (Wildman–Crippen MR) is 91.4 cm³/mol. The molecule has 3 N–H and O–H groups in total. The Kier molecular flexibility index (Phi) is 8.27. The van der Waals surface area contributed by atoms with Crippen LogP contribution in [0, 0.1) is 0 Å². The number of hydrogen-bond donors (Lipinski definition) is 2. The predicted octanol–water partition coefficient (Wildman–Crippen LogP) is 2.98. The quantitative estimate of drug-likeness (QED) is 0.607. The minimum absolute atomic E-state index is 0.751.